The normalized spacial score (nSPS) is 11.3. The van der Waals surface area contributed by atoms with Gasteiger partial charge in [0.2, 0.25) is 0 Å². The Kier molecular flexibility index (Phi) is 3.99. The second-order valence-corrected chi connectivity index (χ2v) is 4.70. The molecule has 2 aromatic rings. The molecule has 0 unspecified atom stereocenters. The van der Waals surface area contributed by atoms with Crippen LogP contribution in [-0.4, -0.2) is 20.8 Å². The van der Waals surface area contributed by atoms with Crippen LogP contribution in [0, 0.1) is 0 Å². The van der Waals surface area contributed by atoms with Crippen molar-refractivity contribution in [3.8, 4) is 11.3 Å². The lowest BCUT2D eigenvalue weighted by molar-refractivity contribution is 0.0568. The first-order valence-electron chi connectivity index (χ1n) is 5.73. The number of anilines is 1. The summed E-state index contributed by atoms with van der Waals surface area (Å²) < 4.78 is 25.6. The lowest BCUT2D eigenvalue weighted by Crippen LogP contribution is -2.11. The summed E-state index contributed by atoms with van der Waals surface area (Å²) in [5.41, 5.74) is 1.78. The number of halogens is 3. The van der Waals surface area contributed by atoms with Crippen molar-refractivity contribution in [2.24, 2.45) is 0 Å². The third-order valence-corrected chi connectivity index (χ3v) is 2.61. The zero-order valence-corrected chi connectivity index (χ0v) is 11.2. The molecule has 19 heavy (non-hydrogen) atoms. The van der Waals surface area contributed by atoms with Gasteiger partial charge in [-0.05, 0) is 26.0 Å². The van der Waals surface area contributed by atoms with E-state index in [2.05, 4.69) is 15.4 Å². The number of pyridine rings is 1. The van der Waals surface area contributed by atoms with Gasteiger partial charge in [-0.1, -0.05) is 11.6 Å². The number of hydrogen-bond donors (Lipinski definition) is 1. The second kappa shape index (κ2) is 5.52. The lowest BCUT2D eigenvalue weighted by atomic mass is 10.1. The average Bonchev–Trinajstić information content (AvgIpc) is 2.77. The molecule has 0 saturated carbocycles. The van der Waals surface area contributed by atoms with Gasteiger partial charge in [0.25, 0.3) is 0 Å². The summed E-state index contributed by atoms with van der Waals surface area (Å²) in [6, 6.07) is 3.34. The third-order valence-electron chi connectivity index (χ3n) is 2.40. The van der Waals surface area contributed by atoms with Crippen LogP contribution in [0.2, 0.25) is 5.15 Å². The fraction of sp³-hybridized carbons (Fsp3) is 0.333. The summed E-state index contributed by atoms with van der Waals surface area (Å²) in [6.07, 6.45) is 2.75. The average molecular weight is 287 g/mol. The summed E-state index contributed by atoms with van der Waals surface area (Å²) in [5.74, 6) is 0. The highest BCUT2D eigenvalue weighted by Crippen LogP contribution is 2.29. The predicted molar refractivity (Wildman–Crippen MR) is 70.5 cm³/mol. The Morgan fingerprint density at radius 3 is 2.68 bits per heavy atom. The Labute approximate surface area is 114 Å². The predicted octanol–water partition coefficient (Wildman–Crippen LogP) is 3.81. The highest BCUT2D eigenvalue weighted by atomic mass is 35.5. The smallest absolute Gasteiger partial charge is 0.333 e. The van der Waals surface area contributed by atoms with E-state index in [0.29, 0.717) is 21.1 Å². The molecule has 4 nitrogen and oxygen atoms in total. The van der Waals surface area contributed by atoms with E-state index < -0.39 is 6.55 Å². The zero-order valence-electron chi connectivity index (χ0n) is 10.4. The van der Waals surface area contributed by atoms with Gasteiger partial charge in [-0.2, -0.15) is 13.9 Å². The number of rotatable bonds is 4. The highest BCUT2D eigenvalue weighted by Gasteiger charge is 2.13. The van der Waals surface area contributed by atoms with Crippen molar-refractivity contribution in [3.63, 3.8) is 0 Å². The van der Waals surface area contributed by atoms with Gasteiger partial charge in [0.15, 0.2) is 0 Å². The van der Waals surface area contributed by atoms with E-state index in [0.717, 1.165) is 5.69 Å². The molecule has 0 saturated heterocycles. The second-order valence-electron chi connectivity index (χ2n) is 4.31. The van der Waals surface area contributed by atoms with Gasteiger partial charge < -0.3 is 5.32 Å². The van der Waals surface area contributed by atoms with E-state index in [-0.39, 0.29) is 6.04 Å². The van der Waals surface area contributed by atoms with Gasteiger partial charge in [0.1, 0.15) is 5.15 Å². The molecule has 2 heterocycles. The number of nitrogens with one attached hydrogen (secondary N) is 1. The number of hydrogen-bond acceptors (Lipinski definition) is 3. The van der Waals surface area contributed by atoms with E-state index in [1.165, 1.54) is 18.5 Å². The van der Waals surface area contributed by atoms with Crippen LogP contribution in [0.5, 0.6) is 0 Å². The zero-order chi connectivity index (χ0) is 14.0. The molecule has 2 rings (SSSR count). The molecule has 0 amide bonds. The van der Waals surface area contributed by atoms with Crippen LogP contribution in [-0.2, 0) is 0 Å². The molecule has 0 aliphatic rings. The van der Waals surface area contributed by atoms with E-state index in [1.807, 2.05) is 13.8 Å². The maximum absolute atomic E-state index is 12.5. The molecule has 0 aliphatic carbocycles. The minimum Gasteiger partial charge on any atom is -0.382 e. The van der Waals surface area contributed by atoms with Gasteiger partial charge >= 0.3 is 6.55 Å². The molecule has 0 aliphatic heterocycles. The molecule has 7 heteroatoms. The maximum atomic E-state index is 12.5. The standard InChI is InChI=1S/C12H13ClF2N4/c1-7(2)17-10-5-11(13)16-6-8(10)9-3-4-19(18-9)12(14)15/h3-7,12H,1-2H3,(H,16,17). The van der Waals surface area contributed by atoms with Gasteiger partial charge in [-0.25, -0.2) is 9.67 Å². The minimum absolute atomic E-state index is 0.175. The number of aromatic nitrogens is 3. The molecular formula is C12H13ClF2N4. The van der Waals surface area contributed by atoms with Crippen LogP contribution in [0.1, 0.15) is 20.4 Å². The Bertz CT molecular complexity index is 569. The van der Waals surface area contributed by atoms with Crippen molar-refractivity contribution >= 4 is 17.3 Å². The fourth-order valence-electron chi connectivity index (χ4n) is 1.65. The van der Waals surface area contributed by atoms with Crippen LogP contribution in [0.15, 0.2) is 24.5 Å². The van der Waals surface area contributed by atoms with Crippen LogP contribution < -0.4 is 5.32 Å². The number of nitrogens with zero attached hydrogens (tertiary/aromatic N) is 3. The van der Waals surface area contributed by atoms with Crippen molar-refractivity contribution in [1.29, 1.82) is 0 Å². The first-order valence-corrected chi connectivity index (χ1v) is 6.11. The Hall–Kier alpha value is -1.69. The van der Waals surface area contributed by atoms with E-state index in [4.69, 9.17) is 11.6 Å². The molecular weight excluding hydrogens is 274 g/mol. The first-order chi connectivity index (χ1) is 8.97. The summed E-state index contributed by atoms with van der Waals surface area (Å²) in [4.78, 5) is 3.97. The summed E-state index contributed by atoms with van der Waals surface area (Å²) >= 11 is 5.85. The van der Waals surface area contributed by atoms with Crippen molar-refractivity contribution < 1.29 is 8.78 Å². The van der Waals surface area contributed by atoms with Crippen LogP contribution >= 0.6 is 11.6 Å². The molecule has 0 radical (unpaired) electrons. The van der Waals surface area contributed by atoms with Gasteiger partial charge in [-0.3, -0.25) is 0 Å². The molecule has 0 aromatic carbocycles. The highest BCUT2D eigenvalue weighted by molar-refractivity contribution is 6.29. The van der Waals surface area contributed by atoms with E-state index >= 15 is 0 Å². The Morgan fingerprint density at radius 1 is 1.37 bits per heavy atom. The quantitative estimate of drug-likeness (QED) is 0.869. The SMILES string of the molecule is CC(C)Nc1cc(Cl)ncc1-c1ccn(C(F)F)n1. The van der Waals surface area contributed by atoms with Crippen molar-refractivity contribution in [2.45, 2.75) is 26.4 Å². The largest absolute Gasteiger partial charge is 0.382 e. The first kappa shape index (κ1) is 13.7. The van der Waals surface area contributed by atoms with Crippen molar-refractivity contribution in [1.82, 2.24) is 14.8 Å². The molecule has 0 atom stereocenters. The molecule has 0 fully saturated rings. The monoisotopic (exact) mass is 286 g/mol. The van der Waals surface area contributed by atoms with Gasteiger partial charge in [-0.15, -0.1) is 0 Å². The summed E-state index contributed by atoms with van der Waals surface area (Å²) in [7, 11) is 0. The van der Waals surface area contributed by atoms with Crippen LogP contribution in [0.25, 0.3) is 11.3 Å². The fourth-order valence-corrected chi connectivity index (χ4v) is 1.81. The van der Waals surface area contributed by atoms with Crippen molar-refractivity contribution in [3.05, 3.63) is 29.7 Å². The van der Waals surface area contributed by atoms with E-state index in [1.54, 1.807) is 6.07 Å². The topological polar surface area (TPSA) is 42.7 Å². The lowest BCUT2D eigenvalue weighted by Gasteiger charge is -2.13. The number of alkyl halides is 2. The van der Waals surface area contributed by atoms with Crippen LogP contribution in [0.3, 0.4) is 0 Å². The van der Waals surface area contributed by atoms with Gasteiger partial charge in [0, 0.05) is 29.7 Å². The third kappa shape index (κ3) is 3.20. The van der Waals surface area contributed by atoms with Crippen molar-refractivity contribution in [2.75, 3.05) is 5.32 Å². The Morgan fingerprint density at radius 2 is 2.11 bits per heavy atom. The molecule has 1 N–H and O–H groups in total. The minimum atomic E-state index is -2.66. The molecule has 0 spiro atoms. The molecule has 102 valence electrons. The summed E-state index contributed by atoms with van der Waals surface area (Å²) in [6.45, 7) is 1.28. The van der Waals surface area contributed by atoms with E-state index in [9.17, 15) is 8.78 Å². The molecule has 2 aromatic heterocycles. The molecule has 0 bridgehead atoms. The van der Waals surface area contributed by atoms with Gasteiger partial charge in [0.05, 0.1) is 5.69 Å². The van der Waals surface area contributed by atoms with Crippen LogP contribution in [0.4, 0.5) is 14.5 Å². The Balaban J connectivity index is 2.42. The maximum Gasteiger partial charge on any atom is 0.333 e. The summed E-state index contributed by atoms with van der Waals surface area (Å²) in [5, 5.41) is 7.34.